The topological polar surface area (TPSA) is 84.7 Å². The lowest BCUT2D eigenvalue weighted by atomic mass is 10.2. The summed E-state index contributed by atoms with van der Waals surface area (Å²) in [5.74, 6) is 0.236. The van der Waals surface area contributed by atoms with E-state index >= 15 is 0 Å². The molecule has 0 bridgehead atoms. The van der Waals surface area contributed by atoms with Crippen molar-refractivity contribution in [3.63, 3.8) is 0 Å². The minimum atomic E-state index is -0.747. The van der Waals surface area contributed by atoms with Crippen molar-refractivity contribution < 1.29 is 18.7 Å². The summed E-state index contributed by atoms with van der Waals surface area (Å²) in [4.78, 5) is 30.8. The van der Waals surface area contributed by atoms with Crippen LogP contribution in [0, 0.1) is 0 Å². The second-order valence-electron chi connectivity index (χ2n) is 5.93. The van der Waals surface area contributed by atoms with Gasteiger partial charge in [-0.25, -0.2) is 4.98 Å². The van der Waals surface area contributed by atoms with Crippen LogP contribution < -0.4 is 15.0 Å². The Hall–Kier alpha value is -3.00. The van der Waals surface area contributed by atoms with Crippen molar-refractivity contribution in [1.29, 1.82) is 0 Å². The third-order valence-electron chi connectivity index (χ3n) is 4.21. The van der Waals surface area contributed by atoms with E-state index in [1.165, 1.54) is 11.8 Å². The van der Waals surface area contributed by atoms with Crippen LogP contribution in [0.25, 0.3) is 11.1 Å². The molecule has 27 heavy (non-hydrogen) atoms. The van der Waals surface area contributed by atoms with E-state index < -0.39 is 6.10 Å². The van der Waals surface area contributed by atoms with E-state index in [1.807, 2.05) is 30.3 Å². The van der Waals surface area contributed by atoms with Crippen molar-refractivity contribution in [2.45, 2.75) is 11.3 Å². The Labute approximate surface area is 159 Å². The van der Waals surface area contributed by atoms with Gasteiger partial charge in [-0.1, -0.05) is 36.0 Å². The van der Waals surface area contributed by atoms with Crippen molar-refractivity contribution in [2.24, 2.45) is 0 Å². The Morgan fingerprint density at radius 1 is 1.22 bits per heavy atom. The first-order valence-electron chi connectivity index (χ1n) is 8.41. The molecule has 1 N–H and O–H groups in total. The molecule has 7 nitrogen and oxygen atoms in total. The van der Waals surface area contributed by atoms with Gasteiger partial charge in [-0.3, -0.25) is 9.59 Å². The highest BCUT2D eigenvalue weighted by Crippen LogP contribution is 2.34. The molecule has 0 saturated heterocycles. The molecule has 2 heterocycles. The maximum Gasteiger partial charge on any atom is 0.262 e. The van der Waals surface area contributed by atoms with Gasteiger partial charge in [-0.2, -0.15) is 0 Å². The average molecular weight is 383 g/mol. The SMILES string of the molecule is CNC(=O)[C@@H]1CN(C(=O)CSc2nc3ccccc3o2)c2ccccc2O1. The van der Waals surface area contributed by atoms with Crippen LogP contribution in [0.1, 0.15) is 0 Å². The molecule has 0 fully saturated rings. The fraction of sp³-hybridized carbons (Fsp3) is 0.211. The zero-order valence-electron chi connectivity index (χ0n) is 14.5. The number of oxazole rings is 1. The van der Waals surface area contributed by atoms with Gasteiger partial charge in [0.25, 0.3) is 11.1 Å². The van der Waals surface area contributed by atoms with Crippen LogP contribution in [0.2, 0.25) is 0 Å². The highest BCUT2D eigenvalue weighted by Gasteiger charge is 2.33. The average Bonchev–Trinajstić information content (AvgIpc) is 3.13. The van der Waals surface area contributed by atoms with E-state index in [9.17, 15) is 9.59 Å². The second kappa shape index (κ2) is 7.32. The number of hydrogen-bond acceptors (Lipinski definition) is 6. The van der Waals surface area contributed by atoms with Crippen LogP contribution in [0.5, 0.6) is 5.75 Å². The number of ether oxygens (including phenoxy) is 1. The largest absolute Gasteiger partial charge is 0.477 e. The molecule has 0 spiro atoms. The third kappa shape index (κ3) is 3.48. The lowest BCUT2D eigenvalue weighted by Gasteiger charge is -2.33. The van der Waals surface area contributed by atoms with Crippen molar-refractivity contribution in [2.75, 3.05) is 24.2 Å². The number of fused-ring (bicyclic) bond motifs is 2. The number of anilines is 1. The Bertz CT molecular complexity index is 970. The smallest absolute Gasteiger partial charge is 0.262 e. The number of carbonyl (C=O) groups is 2. The molecular weight excluding hydrogens is 366 g/mol. The number of carbonyl (C=O) groups excluding carboxylic acids is 2. The van der Waals surface area contributed by atoms with Crippen molar-refractivity contribution in [3.8, 4) is 5.75 Å². The monoisotopic (exact) mass is 383 g/mol. The van der Waals surface area contributed by atoms with E-state index in [-0.39, 0.29) is 24.1 Å². The van der Waals surface area contributed by atoms with Crippen LogP contribution in [0.3, 0.4) is 0 Å². The first-order chi connectivity index (χ1) is 13.2. The third-order valence-corrected chi connectivity index (χ3v) is 5.02. The molecular formula is C19H17N3O4S. The lowest BCUT2D eigenvalue weighted by Crippen LogP contribution is -2.50. The van der Waals surface area contributed by atoms with E-state index in [2.05, 4.69) is 10.3 Å². The minimum Gasteiger partial charge on any atom is -0.477 e. The summed E-state index contributed by atoms with van der Waals surface area (Å²) in [6.07, 6.45) is -0.747. The standard InChI is InChI=1S/C19H17N3O4S/c1-20-18(24)16-10-22(13-7-3-5-9-15(13)25-16)17(23)11-27-19-21-12-6-2-4-8-14(12)26-19/h2-9,16H,10-11H2,1H3,(H,20,24)/t16-/m0/s1. The number of hydrogen-bond donors (Lipinski definition) is 1. The first-order valence-corrected chi connectivity index (χ1v) is 9.40. The van der Waals surface area contributed by atoms with E-state index in [4.69, 9.17) is 9.15 Å². The summed E-state index contributed by atoms with van der Waals surface area (Å²) in [6.45, 7) is 0.156. The van der Waals surface area contributed by atoms with Crippen LogP contribution >= 0.6 is 11.8 Å². The zero-order chi connectivity index (χ0) is 18.8. The molecule has 0 aliphatic carbocycles. The molecule has 1 aliphatic heterocycles. The summed E-state index contributed by atoms with van der Waals surface area (Å²) in [7, 11) is 1.54. The number of nitrogens with one attached hydrogen (secondary N) is 1. The van der Waals surface area contributed by atoms with E-state index in [0.29, 0.717) is 22.2 Å². The quantitative estimate of drug-likeness (QED) is 0.697. The first kappa shape index (κ1) is 17.4. The number of rotatable bonds is 4. The zero-order valence-corrected chi connectivity index (χ0v) is 15.4. The molecule has 0 saturated carbocycles. The number of thioether (sulfide) groups is 1. The Morgan fingerprint density at radius 2 is 2.00 bits per heavy atom. The number of benzene rings is 2. The van der Waals surface area contributed by atoms with Gasteiger partial charge < -0.3 is 19.4 Å². The molecule has 1 aliphatic rings. The molecule has 0 radical (unpaired) electrons. The molecule has 2 aromatic carbocycles. The molecule has 1 atom stereocenters. The fourth-order valence-corrected chi connectivity index (χ4v) is 3.60. The second-order valence-corrected chi connectivity index (χ2v) is 6.86. The van der Waals surface area contributed by atoms with Crippen molar-refractivity contribution in [3.05, 3.63) is 48.5 Å². The molecule has 3 aromatic rings. The number of amides is 2. The van der Waals surface area contributed by atoms with Gasteiger partial charge in [0, 0.05) is 7.05 Å². The van der Waals surface area contributed by atoms with E-state index in [0.717, 1.165) is 5.52 Å². The Morgan fingerprint density at radius 3 is 2.81 bits per heavy atom. The van der Waals surface area contributed by atoms with Gasteiger partial charge in [0.1, 0.15) is 11.3 Å². The fourth-order valence-electron chi connectivity index (χ4n) is 2.88. The van der Waals surface area contributed by atoms with Gasteiger partial charge in [0.05, 0.1) is 18.0 Å². The predicted octanol–water partition coefficient (Wildman–Crippen LogP) is 2.46. The van der Waals surface area contributed by atoms with Crippen LogP contribution in [0.4, 0.5) is 5.69 Å². The summed E-state index contributed by atoms with van der Waals surface area (Å²) >= 11 is 1.23. The van der Waals surface area contributed by atoms with Crippen molar-refractivity contribution in [1.82, 2.24) is 10.3 Å². The predicted molar refractivity (Wildman–Crippen MR) is 102 cm³/mol. The minimum absolute atomic E-state index is 0.140. The molecule has 0 unspecified atom stereocenters. The van der Waals surface area contributed by atoms with Crippen LogP contribution in [-0.4, -0.2) is 42.2 Å². The summed E-state index contributed by atoms with van der Waals surface area (Å²) in [6, 6.07) is 14.6. The molecule has 138 valence electrons. The summed E-state index contributed by atoms with van der Waals surface area (Å²) < 4.78 is 11.4. The van der Waals surface area contributed by atoms with Crippen molar-refractivity contribution >= 4 is 40.4 Å². The molecule has 8 heteroatoms. The van der Waals surface area contributed by atoms with Crippen LogP contribution in [0.15, 0.2) is 58.2 Å². The summed E-state index contributed by atoms with van der Waals surface area (Å²) in [5.41, 5.74) is 2.09. The highest BCUT2D eigenvalue weighted by atomic mass is 32.2. The maximum atomic E-state index is 12.9. The molecule has 4 rings (SSSR count). The summed E-state index contributed by atoms with van der Waals surface area (Å²) in [5, 5.41) is 3.00. The maximum absolute atomic E-state index is 12.9. The molecule has 2 amide bonds. The van der Waals surface area contributed by atoms with Gasteiger partial charge in [-0.05, 0) is 24.3 Å². The Kier molecular flexibility index (Phi) is 4.72. The number of aromatic nitrogens is 1. The van der Waals surface area contributed by atoms with Crippen LogP contribution in [-0.2, 0) is 9.59 Å². The Balaban J connectivity index is 1.52. The lowest BCUT2D eigenvalue weighted by molar-refractivity contribution is -0.127. The normalized spacial score (nSPS) is 15.9. The number of para-hydroxylation sites is 4. The van der Waals surface area contributed by atoms with Gasteiger partial charge in [-0.15, -0.1) is 0 Å². The molecule has 1 aromatic heterocycles. The van der Waals surface area contributed by atoms with Gasteiger partial charge in [0.2, 0.25) is 5.91 Å². The highest BCUT2D eigenvalue weighted by molar-refractivity contribution is 7.99. The number of nitrogens with zero attached hydrogens (tertiary/aromatic N) is 2. The van der Waals surface area contributed by atoms with Gasteiger partial charge >= 0.3 is 0 Å². The van der Waals surface area contributed by atoms with Gasteiger partial charge in [0.15, 0.2) is 11.7 Å². The number of likely N-dealkylation sites (N-methyl/N-ethyl adjacent to an activating group) is 1. The van der Waals surface area contributed by atoms with E-state index in [1.54, 1.807) is 30.1 Å².